The molecule has 0 amide bonds. The Bertz CT molecular complexity index is 1070. The molecule has 28 heavy (non-hydrogen) atoms. The van der Waals surface area contributed by atoms with Crippen molar-refractivity contribution < 1.29 is 8.42 Å². The van der Waals surface area contributed by atoms with E-state index in [9.17, 15) is 8.42 Å². The molecule has 1 atom stereocenters. The number of terminal acetylenes is 1. The van der Waals surface area contributed by atoms with Crippen LogP contribution in [0, 0.1) is 19.3 Å². The number of benzene rings is 2. The molecule has 0 bridgehead atoms. The van der Waals surface area contributed by atoms with Crippen LogP contribution in [0.15, 0.2) is 65.7 Å². The van der Waals surface area contributed by atoms with Crippen LogP contribution in [0.1, 0.15) is 35.9 Å². The first kappa shape index (κ1) is 19.7. The van der Waals surface area contributed by atoms with E-state index in [0.29, 0.717) is 25.0 Å². The molecule has 2 aromatic carbocycles. The molecule has 1 aromatic heterocycles. The van der Waals surface area contributed by atoms with E-state index in [-0.39, 0.29) is 10.7 Å². The van der Waals surface area contributed by atoms with Crippen molar-refractivity contribution in [3.8, 4) is 23.6 Å². The Hall–Kier alpha value is -3.04. The van der Waals surface area contributed by atoms with Gasteiger partial charge in [0, 0.05) is 12.0 Å². The standard InChI is InChI=1S/C22H21N3O2S/c1-3-4-6-11-21(28(26,27)19-14-12-17(2)13-15-19)22-24-20(16-23-25-22)18-9-7-5-8-10-18/h1,5,7-10,12-16,21H,4,6,11H2,2H3. The van der Waals surface area contributed by atoms with Gasteiger partial charge in [0.15, 0.2) is 15.7 Å². The molecule has 3 rings (SSSR count). The molecule has 0 saturated heterocycles. The first-order chi connectivity index (χ1) is 13.5. The summed E-state index contributed by atoms with van der Waals surface area (Å²) in [7, 11) is -3.68. The molecule has 0 N–H and O–H groups in total. The molecule has 6 heteroatoms. The minimum absolute atomic E-state index is 0.193. The summed E-state index contributed by atoms with van der Waals surface area (Å²) in [5, 5.41) is 7.17. The summed E-state index contributed by atoms with van der Waals surface area (Å²) < 4.78 is 26.7. The number of sulfone groups is 1. The van der Waals surface area contributed by atoms with Crippen LogP contribution in [0.25, 0.3) is 11.3 Å². The van der Waals surface area contributed by atoms with Crippen molar-refractivity contribution in [2.24, 2.45) is 0 Å². The van der Waals surface area contributed by atoms with Gasteiger partial charge in [0.1, 0.15) is 5.25 Å². The number of aromatic nitrogens is 3. The molecule has 0 saturated carbocycles. The largest absolute Gasteiger partial charge is 0.228 e. The SMILES string of the molecule is C#CCCCC(c1nncc(-c2ccccc2)n1)S(=O)(=O)c1ccc(C)cc1. The summed E-state index contributed by atoms with van der Waals surface area (Å²) in [5.41, 5.74) is 2.44. The summed E-state index contributed by atoms with van der Waals surface area (Å²) in [4.78, 5) is 4.77. The van der Waals surface area contributed by atoms with Crippen LogP contribution >= 0.6 is 0 Å². The van der Waals surface area contributed by atoms with Crippen LogP contribution in [0.4, 0.5) is 0 Å². The zero-order chi connectivity index (χ0) is 20.0. The fourth-order valence-electron chi connectivity index (χ4n) is 2.91. The molecule has 1 unspecified atom stereocenters. The summed E-state index contributed by atoms with van der Waals surface area (Å²) in [6.07, 6.45) is 8.27. The van der Waals surface area contributed by atoms with Crippen molar-refractivity contribution in [2.75, 3.05) is 0 Å². The molecular formula is C22H21N3O2S. The van der Waals surface area contributed by atoms with Crippen molar-refractivity contribution >= 4 is 9.84 Å². The van der Waals surface area contributed by atoms with Crippen LogP contribution in [0.5, 0.6) is 0 Å². The topological polar surface area (TPSA) is 72.8 Å². The quantitative estimate of drug-likeness (QED) is 0.446. The van der Waals surface area contributed by atoms with Crippen LogP contribution in [0.2, 0.25) is 0 Å². The Morgan fingerprint density at radius 3 is 2.46 bits per heavy atom. The predicted octanol–water partition coefficient (Wildman–Crippen LogP) is 4.17. The highest BCUT2D eigenvalue weighted by molar-refractivity contribution is 7.91. The summed E-state index contributed by atoms with van der Waals surface area (Å²) in [6.45, 7) is 1.91. The minimum atomic E-state index is -3.68. The smallest absolute Gasteiger partial charge is 0.188 e. The molecule has 0 aliphatic heterocycles. The lowest BCUT2D eigenvalue weighted by molar-refractivity contribution is 0.562. The maximum Gasteiger partial charge on any atom is 0.188 e. The maximum absolute atomic E-state index is 13.3. The Labute approximate surface area is 165 Å². The molecule has 0 spiro atoms. The lowest BCUT2D eigenvalue weighted by Crippen LogP contribution is -2.18. The van der Waals surface area contributed by atoms with Gasteiger partial charge in [-0.3, -0.25) is 0 Å². The van der Waals surface area contributed by atoms with E-state index in [2.05, 4.69) is 21.1 Å². The Kier molecular flexibility index (Phi) is 6.17. The Balaban J connectivity index is 2.03. The number of hydrogen-bond donors (Lipinski definition) is 0. The van der Waals surface area contributed by atoms with Crippen LogP contribution in [-0.4, -0.2) is 23.6 Å². The highest BCUT2D eigenvalue weighted by Gasteiger charge is 2.31. The Morgan fingerprint density at radius 1 is 1.07 bits per heavy atom. The third kappa shape index (κ3) is 4.44. The molecule has 0 fully saturated rings. The molecule has 3 aromatic rings. The van der Waals surface area contributed by atoms with Gasteiger partial charge in [-0.15, -0.1) is 17.4 Å². The van der Waals surface area contributed by atoms with E-state index in [0.717, 1.165) is 11.1 Å². The van der Waals surface area contributed by atoms with Crippen molar-refractivity contribution in [3.05, 3.63) is 72.2 Å². The number of aryl methyl sites for hydroxylation is 1. The molecule has 142 valence electrons. The van der Waals surface area contributed by atoms with E-state index in [4.69, 9.17) is 6.42 Å². The first-order valence-corrected chi connectivity index (χ1v) is 10.6. The molecule has 0 aliphatic rings. The van der Waals surface area contributed by atoms with E-state index < -0.39 is 15.1 Å². The van der Waals surface area contributed by atoms with Gasteiger partial charge < -0.3 is 0 Å². The molecule has 0 radical (unpaired) electrons. The average molecular weight is 391 g/mol. The normalized spacial score (nSPS) is 12.3. The van der Waals surface area contributed by atoms with Gasteiger partial charge in [-0.1, -0.05) is 48.0 Å². The number of unbranched alkanes of at least 4 members (excludes halogenated alkanes) is 1. The Morgan fingerprint density at radius 2 is 1.79 bits per heavy atom. The number of hydrogen-bond acceptors (Lipinski definition) is 5. The monoisotopic (exact) mass is 391 g/mol. The number of rotatable bonds is 7. The van der Waals surface area contributed by atoms with E-state index in [1.54, 1.807) is 24.3 Å². The van der Waals surface area contributed by atoms with Gasteiger partial charge in [0.2, 0.25) is 0 Å². The van der Waals surface area contributed by atoms with Gasteiger partial charge in [-0.05, 0) is 31.9 Å². The van der Waals surface area contributed by atoms with E-state index in [1.807, 2.05) is 37.3 Å². The zero-order valence-electron chi connectivity index (χ0n) is 15.6. The van der Waals surface area contributed by atoms with Gasteiger partial charge in [-0.2, -0.15) is 5.10 Å². The third-order valence-electron chi connectivity index (χ3n) is 4.44. The fraction of sp³-hybridized carbons (Fsp3) is 0.227. The minimum Gasteiger partial charge on any atom is -0.228 e. The average Bonchev–Trinajstić information content (AvgIpc) is 2.72. The van der Waals surface area contributed by atoms with Gasteiger partial charge in [0.05, 0.1) is 16.8 Å². The third-order valence-corrected chi connectivity index (χ3v) is 6.57. The molecular weight excluding hydrogens is 370 g/mol. The summed E-state index contributed by atoms with van der Waals surface area (Å²) in [5.74, 6) is 2.75. The zero-order valence-corrected chi connectivity index (χ0v) is 16.4. The van der Waals surface area contributed by atoms with Gasteiger partial charge in [0.25, 0.3) is 0 Å². The predicted molar refractivity (Wildman–Crippen MR) is 109 cm³/mol. The highest BCUT2D eigenvalue weighted by atomic mass is 32.2. The lowest BCUT2D eigenvalue weighted by atomic mass is 10.1. The second-order valence-corrected chi connectivity index (χ2v) is 8.64. The van der Waals surface area contributed by atoms with Crippen LogP contribution in [0.3, 0.4) is 0 Å². The van der Waals surface area contributed by atoms with Crippen molar-refractivity contribution in [3.63, 3.8) is 0 Å². The highest BCUT2D eigenvalue weighted by Crippen LogP contribution is 2.32. The van der Waals surface area contributed by atoms with Crippen molar-refractivity contribution in [1.82, 2.24) is 15.2 Å². The number of nitrogens with zero attached hydrogens (tertiary/aromatic N) is 3. The second kappa shape index (κ2) is 8.77. The van der Waals surface area contributed by atoms with E-state index in [1.165, 1.54) is 6.20 Å². The lowest BCUT2D eigenvalue weighted by Gasteiger charge is -2.16. The van der Waals surface area contributed by atoms with Crippen molar-refractivity contribution in [1.29, 1.82) is 0 Å². The maximum atomic E-state index is 13.3. The molecule has 0 aliphatic carbocycles. The van der Waals surface area contributed by atoms with E-state index >= 15 is 0 Å². The van der Waals surface area contributed by atoms with Gasteiger partial charge in [-0.25, -0.2) is 13.4 Å². The van der Waals surface area contributed by atoms with Gasteiger partial charge >= 0.3 is 0 Å². The van der Waals surface area contributed by atoms with Crippen molar-refractivity contribution in [2.45, 2.75) is 36.3 Å². The summed E-state index contributed by atoms with van der Waals surface area (Å²) in [6, 6.07) is 16.3. The molecule has 5 nitrogen and oxygen atoms in total. The first-order valence-electron chi connectivity index (χ1n) is 9.01. The second-order valence-electron chi connectivity index (χ2n) is 6.51. The van der Waals surface area contributed by atoms with Crippen LogP contribution in [-0.2, 0) is 9.84 Å². The van der Waals surface area contributed by atoms with Crippen LogP contribution < -0.4 is 0 Å². The fourth-order valence-corrected chi connectivity index (χ4v) is 4.60. The summed E-state index contributed by atoms with van der Waals surface area (Å²) >= 11 is 0. The molecule has 1 heterocycles.